The Morgan fingerprint density at radius 3 is 2.44 bits per heavy atom. The molecule has 32 heavy (non-hydrogen) atoms. The molecule has 0 saturated carbocycles. The monoisotopic (exact) mass is 478 g/mol. The fourth-order valence-electron chi connectivity index (χ4n) is 4.27. The minimum absolute atomic E-state index is 0.246. The maximum absolute atomic E-state index is 13.2. The van der Waals surface area contributed by atoms with E-state index >= 15 is 0 Å². The summed E-state index contributed by atoms with van der Waals surface area (Å²) < 4.78 is 31.7. The van der Waals surface area contributed by atoms with Crippen molar-refractivity contribution in [2.75, 3.05) is 17.7 Å². The van der Waals surface area contributed by atoms with Gasteiger partial charge in [-0.3, -0.25) is 9.10 Å². The lowest BCUT2D eigenvalue weighted by Crippen LogP contribution is -2.49. The molecule has 2 aromatic rings. The first-order chi connectivity index (χ1) is 15.2. The van der Waals surface area contributed by atoms with Crippen molar-refractivity contribution in [2.24, 2.45) is 0 Å². The molecule has 1 aliphatic carbocycles. The van der Waals surface area contributed by atoms with Gasteiger partial charge in [-0.2, -0.15) is 0 Å². The highest BCUT2D eigenvalue weighted by atomic mass is 35.5. The second kappa shape index (κ2) is 10.1. The van der Waals surface area contributed by atoms with Crippen LogP contribution in [0.1, 0.15) is 55.8 Å². The molecule has 1 amide bonds. The van der Waals surface area contributed by atoms with E-state index in [2.05, 4.69) is 17.4 Å². The predicted molar refractivity (Wildman–Crippen MR) is 129 cm³/mol. The molecule has 0 aliphatic heterocycles. The number of carbonyl (C=O) groups is 1. The zero-order valence-corrected chi connectivity index (χ0v) is 20.6. The molecule has 0 fully saturated rings. The Labute approximate surface area is 196 Å². The number of halogens is 1. The van der Waals surface area contributed by atoms with Crippen LogP contribution in [0.3, 0.4) is 0 Å². The average Bonchev–Trinajstić information content (AvgIpc) is 2.75. The van der Waals surface area contributed by atoms with E-state index in [9.17, 15) is 13.2 Å². The van der Waals surface area contributed by atoms with Crippen molar-refractivity contribution < 1.29 is 17.9 Å². The molecule has 0 heterocycles. The summed E-state index contributed by atoms with van der Waals surface area (Å²) in [6.07, 6.45) is 5.95. The summed E-state index contributed by atoms with van der Waals surface area (Å²) in [6.45, 7) is 3.71. The molecule has 0 unspecified atom stereocenters. The molecular formula is C24H31ClN2O4S. The van der Waals surface area contributed by atoms with E-state index in [0.717, 1.165) is 29.0 Å². The fraction of sp³-hybridized carbons (Fsp3) is 0.458. The predicted octanol–water partition coefficient (Wildman–Crippen LogP) is 4.65. The number of sulfonamides is 1. The number of hydrogen-bond acceptors (Lipinski definition) is 4. The van der Waals surface area contributed by atoms with Gasteiger partial charge in [0.15, 0.2) is 0 Å². The SMILES string of the molecule is CC[C@H](C(=O)N[C@@H](C)c1ccc2c(c1)CCCC2)N(c1ccc(OC)c(Cl)c1)S(C)(=O)=O. The van der Waals surface area contributed by atoms with E-state index in [4.69, 9.17) is 16.3 Å². The van der Waals surface area contributed by atoms with Crippen molar-refractivity contribution in [1.29, 1.82) is 0 Å². The van der Waals surface area contributed by atoms with Gasteiger partial charge in [0.05, 0.1) is 30.1 Å². The minimum Gasteiger partial charge on any atom is -0.495 e. The summed E-state index contributed by atoms with van der Waals surface area (Å²) in [5.74, 6) is 0.0810. The lowest BCUT2D eigenvalue weighted by Gasteiger charge is -2.31. The molecule has 0 bridgehead atoms. The van der Waals surface area contributed by atoms with Gasteiger partial charge >= 0.3 is 0 Å². The number of ether oxygens (including phenoxy) is 1. The van der Waals surface area contributed by atoms with Crippen LogP contribution in [-0.2, 0) is 27.7 Å². The van der Waals surface area contributed by atoms with Gasteiger partial charge in [0.25, 0.3) is 0 Å². The molecule has 0 saturated heterocycles. The molecule has 1 N–H and O–H groups in total. The standard InChI is InChI=1S/C24H31ClN2O4S/c1-5-22(27(32(4,29)30)20-12-13-23(31-3)21(25)15-20)24(28)26-16(2)18-11-10-17-8-6-7-9-19(17)14-18/h10-16,22H,5-9H2,1-4H3,(H,26,28)/t16-,22+/m0/s1. The lowest BCUT2D eigenvalue weighted by atomic mass is 9.89. The van der Waals surface area contributed by atoms with Gasteiger partial charge in [0.1, 0.15) is 11.8 Å². The third kappa shape index (κ3) is 5.38. The number of methoxy groups -OCH3 is 1. The Morgan fingerprint density at radius 2 is 1.84 bits per heavy atom. The van der Waals surface area contributed by atoms with Crippen molar-refractivity contribution in [3.63, 3.8) is 0 Å². The van der Waals surface area contributed by atoms with Crippen LogP contribution in [0.25, 0.3) is 0 Å². The van der Waals surface area contributed by atoms with Crippen molar-refractivity contribution in [3.8, 4) is 5.75 Å². The molecule has 8 heteroatoms. The van der Waals surface area contributed by atoms with E-state index in [0.29, 0.717) is 17.9 Å². The first-order valence-corrected chi connectivity index (χ1v) is 13.1. The van der Waals surface area contributed by atoms with Gasteiger partial charge in [0.2, 0.25) is 15.9 Å². The Balaban J connectivity index is 1.85. The summed E-state index contributed by atoms with van der Waals surface area (Å²) in [6, 6.07) is 9.89. The van der Waals surface area contributed by atoms with Crippen LogP contribution >= 0.6 is 11.6 Å². The fourth-order valence-corrected chi connectivity index (χ4v) is 5.72. The van der Waals surface area contributed by atoms with Gasteiger partial charge in [-0.1, -0.05) is 36.7 Å². The van der Waals surface area contributed by atoms with E-state index in [-0.39, 0.29) is 17.0 Å². The van der Waals surface area contributed by atoms with Crippen LogP contribution in [0.15, 0.2) is 36.4 Å². The topological polar surface area (TPSA) is 75.7 Å². The Bertz CT molecular complexity index is 1090. The van der Waals surface area contributed by atoms with Gasteiger partial charge < -0.3 is 10.1 Å². The number of carbonyl (C=O) groups excluding carboxylic acids is 1. The number of nitrogens with zero attached hydrogens (tertiary/aromatic N) is 1. The van der Waals surface area contributed by atoms with Gasteiger partial charge in [-0.15, -0.1) is 0 Å². The number of anilines is 1. The highest BCUT2D eigenvalue weighted by Crippen LogP contribution is 2.32. The molecule has 0 spiro atoms. The van der Waals surface area contributed by atoms with Crippen molar-refractivity contribution in [2.45, 2.75) is 58.0 Å². The van der Waals surface area contributed by atoms with Crippen LogP contribution in [0.4, 0.5) is 5.69 Å². The molecule has 6 nitrogen and oxygen atoms in total. The zero-order chi connectivity index (χ0) is 23.5. The summed E-state index contributed by atoms with van der Waals surface area (Å²) in [4.78, 5) is 13.2. The highest BCUT2D eigenvalue weighted by molar-refractivity contribution is 7.92. The maximum atomic E-state index is 13.2. The maximum Gasteiger partial charge on any atom is 0.244 e. The molecule has 1 aliphatic rings. The van der Waals surface area contributed by atoms with E-state index in [1.165, 1.54) is 37.1 Å². The Hall–Kier alpha value is -2.25. The van der Waals surface area contributed by atoms with Crippen LogP contribution in [0, 0.1) is 0 Å². The first-order valence-electron chi connectivity index (χ1n) is 10.9. The van der Waals surface area contributed by atoms with Crippen LogP contribution in [0.2, 0.25) is 5.02 Å². The number of aryl methyl sites for hydroxylation is 2. The normalized spacial score (nSPS) is 15.4. The number of hydrogen-bond donors (Lipinski definition) is 1. The van der Waals surface area contributed by atoms with Gasteiger partial charge in [0, 0.05) is 0 Å². The van der Waals surface area contributed by atoms with Gasteiger partial charge in [-0.25, -0.2) is 8.42 Å². The number of fused-ring (bicyclic) bond motifs is 1. The molecule has 0 radical (unpaired) electrons. The van der Waals surface area contributed by atoms with E-state index < -0.39 is 16.1 Å². The van der Waals surface area contributed by atoms with E-state index in [1.807, 2.05) is 13.0 Å². The lowest BCUT2D eigenvalue weighted by molar-refractivity contribution is -0.122. The average molecular weight is 479 g/mol. The molecule has 174 valence electrons. The summed E-state index contributed by atoms with van der Waals surface area (Å²) in [5, 5.41) is 3.29. The Kier molecular flexibility index (Phi) is 7.72. The van der Waals surface area contributed by atoms with Gasteiger partial charge in [-0.05, 0) is 73.9 Å². The smallest absolute Gasteiger partial charge is 0.244 e. The van der Waals surface area contributed by atoms with Crippen molar-refractivity contribution in [3.05, 3.63) is 58.1 Å². The molecular weight excluding hydrogens is 448 g/mol. The van der Waals surface area contributed by atoms with Crippen molar-refractivity contribution in [1.82, 2.24) is 5.32 Å². The van der Waals surface area contributed by atoms with Crippen LogP contribution in [-0.4, -0.2) is 33.7 Å². The molecule has 2 atom stereocenters. The largest absolute Gasteiger partial charge is 0.495 e. The molecule has 0 aromatic heterocycles. The highest BCUT2D eigenvalue weighted by Gasteiger charge is 2.32. The second-order valence-electron chi connectivity index (χ2n) is 8.27. The third-order valence-electron chi connectivity index (χ3n) is 5.95. The van der Waals surface area contributed by atoms with E-state index in [1.54, 1.807) is 19.1 Å². The van der Waals surface area contributed by atoms with Crippen LogP contribution < -0.4 is 14.4 Å². The quantitative estimate of drug-likeness (QED) is 0.599. The zero-order valence-electron chi connectivity index (χ0n) is 19.0. The second-order valence-corrected chi connectivity index (χ2v) is 10.5. The number of nitrogens with one attached hydrogen (secondary N) is 1. The minimum atomic E-state index is -3.75. The molecule has 3 rings (SSSR count). The summed E-state index contributed by atoms with van der Waals surface area (Å²) >= 11 is 6.23. The third-order valence-corrected chi connectivity index (χ3v) is 7.43. The molecule has 2 aromatic carbocycles. The number of benzene rings is 2. The summed E-state index contributed by atoms with van der Waals surface area (Å²) in [5.41, 5.74) is 4.06. The Morgan fingerprint density at radius 1 is 1.16 bits per heavy atom. The number of amides is 1. The number of rotatable bonds is 8. The van der Waals surface area contributed by atoms with Crippen molar-refractivity contribution >= 4 is 33.2 Å². The van der Waals surface area contributed by atoms with Crippen LogP contribution in [0.5, 0.6) is 5.75 Å². The first kappa shape index (κ1) is 24.4. The summed E-state index contributed by atoms with van der Waals surface area (Å²) in [7, 11) is -2.26.